The molecule has 0 unspecified atom stereocenters. The predicted octanol–water partition coefficient (Wildman–Crippen LogP) is 1.77. The average Bonchev–Trinajstić information content (AvgIpc) is 2.31. The van der Waals surface area contributed by atoms with Crippen molar-refractivity contribution in [3.63, 3.8) is 0 Å². The molecule has 0 atom stereocenters. The van der Waals surface area contributed by atoms with E-state index in [1.807, 2.05) is 6.07 Å². The van der Waals surface area contributed by atoms with Crippen LogP contribution in [0.4, 0.5) is 5.95 Å². The molecule has 16 heavy (non-hydrogen) atoms. The van der Waals surface area contributed by atoms with Crippen molar-refractivity contribution in [2.24, 2.45) is 5.11 Å². The fourth-order valence-corrected chi connectivity index (χ4v) is 1.20. The van der Waals surface area contributed by atoms with E-state index in [0.717, 1.165) is 0 Å². The molecule has 7 nitrogen and oxygen atoms in total. The number of rotatable bonds is 2. The zero-order valence-electron chi connectivity index (χ0n) is 8.03. The number of hydrogen-bond donors (Lipinski definition) is 1. The third-order valence-electron chi connectivity index (χ3n) is 1.87. The van der Waals surface area contributed by atoms with E-state index in [1.54, 1.807) is 24.3 Å². The van der Waals surface area contributed by atoms with Crippen LogP contribution in [-0.4, -0.2) is 15.2 Å². The Labute approximate surface area is 89.4 Å². The highest BCUT2D eigenvalue weighted by atomic mass is 16.1. The zero-order chi connectivity index (χ0) is 11.4. The van der Waals surface area contributed by atoms with Crippen LogP contribution in [0.15, 0.2) is 40.2 Å². The van der Waals surface area contributed by atoms with Crippen LogP contribution in [0.3, 0.4) is 0 Å². The standard InChI is InChI=1S/C9H6N6O/c10-15-14-9-11-8(16)7(12-13-9)6-4-2-1-3-5-6/h1-5H,(H,11,13,16). The monoisotopic (exact) mass is 214 g/mol. The second kappa shape index (κ2) is 4.24. The summed E-state index contributed by atoms with van der Waals surface area (Å²) >= 11 is 0. The highest BCUT2D eigenvalue weighted by Gasteiger charge is 2.05. The quantitative estimate of drug-likeness (QED) is 0.467. The maximum absolute atomic E-state index is 11.6. The molecule has 7 heteroatoms. The minimum absolute atomic E-state index is 0.146. The lowest BCUT2D eigenvalue weighted by molar-refractivity contribution is 0.944. The topological polar surface area (TPSA) is 107 Å². The maximum Gasteiger partial charge on any atom is 0.277 e. The molecule has 78 valence electrons. The number of benzene rings is 1. The molecular formula is C9H6N6O. The summed E-state index contributed by atoms with van der Waals surface area (Å²) in [5, 5.41) is 10.4. The molecule has 0 aliphatic carbocycles. The van der Waals surface area contributed by atoms with Crippen molar-refractivity contribution >= 4 is 5.95 Å². The number of nitrogens with one attached hydrogen (secondary N) is 1. The van der Waals surface area contributed by atoms with Crippen LogP contribution in [0.5, 0.6) is 0 Å². The first-order valence-electron chi connectivity index (χ1n) is 4.39. The second-order valence-electron chi connectivity index (χ2n) is 2.88. The predicted molar refractivity (Wildman–Crippen MR) is 56.9 cm³/mol. The van der Waals surface area contributed by atoms with Gasteiger partial charge < -0.3 is 4.98 Å². The number of H-pyrrole nitrogens is 1. The summed E-state index contributed by atoms with van der Waals surface area (Å²) in [6.07, 6.45) is 0. The van der Waals surface area contributed by atoms with Crippen LogP contribution >= 0.6 is 0 Å². The fourth-order valence-electron chi connectivity index (χ4n) is 1.20. The van der Waals surface area contributed by atoms with E-state index in [-0.39, 0.29) is 11.6 Å². The Kier molecular flexibility index (Phi) is 2.62. The number of aromatic amines is 1. The van der Waals surface area contributed by atoms with Gasteiger partial charge in [-0.2, -0.15) is 0 Å². The lowest BCUT2D eigenvalue weighted by Gasteiger charge is -1.97. The molecule has 0 aliphatic rings. The first-order valence-corrected chi connectivity index (χ1v) is 4.39. The highest BCUT2D eigenvalue weighted by molar-refractivity contribution is 5.57. The Morgan fingerprint density at radius 2 is 2.00 bits per heavy atom. The van der Waals surface area contributed by atoms with Crippen LogP contribution in [-0.2, 0) is 0 Å². The van der Waals surface area contributed by atoms with Crippen molar-refractivity contribution in [2.45, 2.75) is 0 Å². The normalized spacial score (nSPS) is 9.50. The Bertz CT molecular complexity index is 599. The van der Waals surface area contributed by atoms with Crippen molar-refractivity contribution in [2.75, 3.05) is 0 Å². The SMILES string of the molecule is [N-]=[N+]=Nc1nnc(-c2ccccc2)c(=O)[nH]1. The molecule has 0 saturated carbocycles. The molecule has 1 aromatic carbocycles. The lowest BCUT2D eigenvalue weighted by Crippen LogP contribution is -2.12. The van der Waals surface area contributed by atoms with Gasteiger partial charge in [-0.05, 0) is 10.6 Å². The van der Waals surface area contributed by atoms with Gasteiger partial charge in [0.1, 0.15) is 0 Å². The summed E-state index contributed by atoms with van der Waals surface area (Å²) in [6, 6.07) is 8.90. The molecule has 0 aliphatic heterocycles. The summed E-state index contributed by atoms with van der Waals surface area (Å²) in [6.45, 7) is 0. The third kappa shape index (κ3) is 1.89. The van der Waals surface area contributed by atoms with E-state index in [9.17, 15) is 4.79 Å². The third-order valence-corrected chi connectivity index (χ3v) is 1.87. The summed E-state index contributed by atoms with van der Waals surface area (Å²) in [4.78, 5) is 16.4. The molecule has 0 fully saturated rings. The lowest BCUT2D eigenvalue weighted by atomic mass is 10.2. The molecule has 0 spiro atoms. The van der Waals surface area contributed by atoms with Gasteiger partial charge in [-0.25, -0.2) is 0 Å². The molecule has 1 aromatic heterocycles. The minimum Gasteiger partial charge on any atom is -0.302 e. The van der Waals surface area contributed by atoms with Crippen molar-refractivity contribution in [1.29, 1.82) is 0 Å². The Hall–Kier alpha value is -2.66. The van der Waals surface area contributed by atoms with E-state index >= 15 is 0 Å². The molecule has 1 N–H and O–H groups in total. The van der Waals surface area contributed by atoms with Gasteiger partial charge in [0.05, 0.1) is 0 Å². The summed E-state index contributed by atoms with van der Waals surface area (Å²) in [5.41, 5.74) is 8.57. The fraction of sp³-hybridized carbons (Fsp3) is 0. The summed E-state index contributed by atoms with van der Waals surface area (Å²) in [7, 11) is 0. The van der Waals surface area contributed by atoms with Crippen molar-refractivity contribution in [3.05, 3.63) is 51.1 Å². The van der Waals surface area contributed by atoms with Crippen LogP contribution in [0.25, 0.3) is 21.7 Å². The first kappa shape index (κ1) is 9.88. The van der Waals surface area contributed by atoms with Gasteiger partial charge in [-0.15, -0.1) is 10.2 Å². The smallest absolute Gasteiger partial charge is 0.277 e. The van der Waals surface area contributed by atoms with Gasteiger partial charge in [0.2, 0.25) is 5.95 Å². The van der Waals surface area contributed by atoms with Gasteiger partial charge in [0.25, 0.3) is 5.56 Å². The first-order chi connectivity index (χ1) is 7.81. The van der Waals surface area contributed by atoms with Gasteiger partial charge in [-0.3, -0.25) is 4.79 Å². The van der Waals surface area contributed by atoms with Crippen molar-refractivity contribution in [3.8, 4) is 11.3 Å². The molecule has 0 amide bonds. The van der Waals surface area contributed by atoms with Crippen molar-refractivity contribution < 1.29 is 0 Å². The number of hydrogen-bond acceptors (Lipinski definition) is 4. The minimum atomic E-state index is -0.441. The average molecular weight is 214 g/mol. The largest absolute Gasteiger partial charge is 0.302 e. The second-order valence-corrected chi connectivity index (χ2v) is 2.88. The highest BCUT2D eigenvalue weighted by Crippen LogP contribution is 2.11. The molecule has 2 rings (SSSR count). The summed E-state index contributed by atoms with van der Waals surface area (Å²) in [5.74, 6) is -0.146. The van der Waals surface area contributed by atoms with Crippen molar-refractivity contribution in [1.82, 2.24) is 15.2 Å². The number of nitrogens with zero attached hydrogens (tertiary/aromatic N) is 5. The van der Waals surface area contributed by atoms with Gasteiger partial charge in [0, 0.05) is 10.5 Å². The molecule has 2 aromatic rings. The van der Waals surface area contributed by atoms with E-state index in [0.29, 0.717) is 5.56 Å². The molecular weight excluding hydrogens is 208 g/mol. The number of aromatic nitrogens is 3. The summed E-state index contributed by atoms with van der Waals surface area (Å²) < 4.78 is 0. The Balaban J connectivity index is 2.53. The Morgan fingerprint density at radius 3 is 2.62 bits per heavy atom. The van der Waals surface area contributed by atoms with Crippen LogP contribution in [0.2, 0.25) is 0 Å². The van der Waals surface area contributed by atoms with Gasteiger partial charge in [-0.1, -0.05) is 30.3 Å². The van der Waals surface area contributed by atoms with Crippen LogP contribution < -0.4 is 5.56 Å². The maximum atomic E-state index is 11.6. The van der Waals surface area contributed by atoms with E-state index in [2.05, 4.69) is 25.2 Å². The Morgan fingerprint density at radius 1 is 1.25 bits per heavy atom. The van der Waals surface area contributed by atoms with Gasteiger partial charge >= 0.3 is 0 Å². The van der Waals surface area contributed by atoms with E-state index in [4.69, 9.17) is 5.53 Å². The van der Waals surface area contributed by atoms with Crippen LogP contribution in [0, 0.1) is 0 Å². The van der Waals surface area contributed by atoms with E-state index in [1.165, 1.54) is 0 Å². The van der Waals surface area contributed by atoms with E-state index < -0.39 is 5.56 Å². The van der Waals surface area contributed by atoms with Gasteiger partial charge in [0.15, 0.2) is 5.69 Å². The molecule has 1 heterocycles. The molecule has 0 bridgehead atoms. The molecule has 0 radical (unpaired) electrons. The zero-order valence-corrected chi connectivity index (χ0v) is 8.03. The molecule has 0 saturated heterocycles. The number of azide groups is 1. The van der Waals surface area contributed by atoms with Crippen LogP contribution in [0.1, 0.15) is 0 Å².